The van der Waals surface area contributed by atoms with Crippen molar-refractivity contribution in [3.63, 3.8) is 0 Å². The Hall–Kier alpha value is -1.63. The van der Waals surface area contributed by atoms with E-state index in [2.05, 4.69) is 57.9 Å². The van der Waals surface area contributed by atoms with E-state index in [1.807, 2.05) is 18.3 Å². The Morgan fingerprint density at radius 2 is 1.86 bits per heavy atom. The maximum Gasteiger partial charge on any atom is 0.191 e. The number of rotatable bonds is 5. The van der Waals surface area contributed by atoms with Gasteiger partial charge in [0.05, 0.1) is 12.2 Å². The number of nitrogens with one attached hydrogen (secondary N) is 2. The summed E-state index contributed by atoms with van der Waals surface area (Å²) in [5, 5.41) is 6.61. The summed E-state index contributed by atoms with van der Waals surface area (Å²) < 4.78 is 0. The zero-order valence-electron chi connectivity index (χ0n) is 13.0. The van der Waals surface area contributed by atoms with Gasteiger partial charge >= 0.3 is 0 Å². The van der Waals surface area contributed by atoms with Crippen molar-refractivity contribution in [1.29, 1.82) is 0 Å². The van der Waals surface area contributed by atoms with Crippen LogP contribution < -0.4 is 10.6 Å². The van der Waals surface area contributed by atoms with Crippen molar-refractivity contribution in [2.45, 2.75) is 19.9 Å². The van der Waals surface area contributed by atoms with Gasteiger partial charge < -0.3 is 10.6 Å². The first-order valence-corrected chi connectivity index (χ1v) is 7.18. The topological polar surface area (TPSA) is 49.3 Å². The predicted molar refractivity (Wildman–Crippen MR) is 103 cm³/mol. The molecule has 1 aromatic carbocycles. The number of aryl methyl sites for hydroxylation is 1. The maximum absolute atomic E-state index is 4.37. The molecule has 5 heteroatoms. The van der Waals surface area contributed by atoms with Crippen LogP contribution in [0.4, 0.5) is 0 Å². The molecule has 118 valence electrons. The summed E-state index contributed by atoms with van der Waals surface area (Å²) in [6.45, 7) is 3.60. The number of guanidine groups is 1. The van der Waals surface area contributed by atoms with Gasteiger partial charge in [-0.1, -0.05) is 36.4 Å². The highest BCUT2D eigenvalue weighted by Gasteiger charge is 2.01. The molecule has 1 heterocycles. The van der Waals surface area contributed by atoms with Gasteiger partial charge in [-0.25, -0.2) is 0 Å². The van der Waals surface area contributed by atoms with Gasteiger partial charge in [-0.3, -0.25) is 9.98 Å². The van der Waals surface area contributed by atoms with Crippen LogP contribution in [-0.2, 0) is 13.0 Å². The first kappa shape index (κ1) is 18.4. The highest BCUT2D eigenvalue weighted by atomic mass is 127. The molecule has 0 fully saturated rings. The molecule has 0 aliphatic carbocycles. The third-order valence-corrected chi connectivity index (χ3v) is 3.31. The molecule has 0 saturated heterocycles. The first-order chi connectivity index (χ1) is 10.3. The second-order valence-electron chi connectivity index (χ2n) is 4.86. The molecule has 0 saturated carbocycles. The van der Waals surface area contributed by atoms with Crippen molar-refractivity contribution in [2.24, 2.45) is 4.99 Å². The summed E-state index contributed by atoms with van der Waals surface area (Å²) in [5.41, 5.74) is 3.55. The van der Waals surface area contributed by atoms with Gasteiger partial charge in [-0.05, 0) is 30.5 Å². The molecule has 22 heavy (non-hydrogen) atoms. The lowest BCUT2D eigenvalue weighted by molar-refractivity contribution is 0.780. The number of aliphatic imine (C=N–C) groups is 1. The van der Waals surface area contributed by atoms with Crippen molar-refractivity contribution in [3.05, 3.63) is 65.5 Å². The average molecular weight is 410 g/mol. The molecule has 2 N–H and O–H groups in total. The number of halogens is 1. The molecule has 0 atom stereocenters. The Morgan fingerprint density at radius 1 is 1.09 bits per heavy atom. The lowest BCUT2D eigenvalue weighted by Crippen LogP contribution is -2.38. The Kier molecular flexibility index (Phi) is 8.50. The zero-order chi connectivity index (χ0) is 14.9. The normalized spacial score (nSPS) is 10.7. The average Bonchev–Trinajstić information content (AvgIpc) is 2.53. The summed E-state index contributed by atoms with van der Waals surface area (Å²) >= 11 is 0. The SMILES string of the molecule is CN=C(NCCc1ccccc1)NCc1ncccc1C.I. The molecular weight excluding hydrogens is 387 g/mol. The second kappa shape index (κ2) is 10.2. The van der Waals surface area contributed by atoms with E-state index in [1.54, 1.807) is 7.05 Å². The van der Waals surface area contributed by atoms with Gasteiger partial charge in [-0.15, -0.1) is 24.0 Å². The van der Waals surface area contributed by atoms with Crippen molar-refractivity contribution < 1.29 is 0 Å². The highest BCUT2D eigenvalue weighted by molar-refractivity contribution is 14.0. The van der Waals surface area contributed by atoms with Crippen LogP contribution in [0, 0.1) is 6.92 Å². The smallest absolute Gasteiger partial charge is 0.191 e. The largest absolute Gasteiger partial charge is 0.356 e. The second-order valence-corrected chi connectivity index (χ2v) is 4.86. The number of aromatic nitrogens is 1. The fraction of sp³-hybridized carbons (Fsp3) is 0.294. The quantitative estimate of drug-likeness (QED) is 0.453. The van der Waals surface area contributed by atoms with Gasteiger partial charge in [0.2, 0.25) is 0 Å². The molecule has 0 radical (unpaired) electrons. The molecule has 0 aliphatic rings. The van der Waals surface area contributed by atoms with Crippen LogP contribution in [-0.4, -0.2) is 24.5 Å². The minimum atomic E-state index is 0. The van der Waals surface area contributed by atoms with Crippen LogP contribution in [0.1, 0.15) is 16.8 Å². The number of hydrogen-bond donors (Lipinski definition) is 2. The molecule has 2 aromatic rings. The van der Waals surface area contributed by atoms with Crippen LogP contribution in [0.15, 0.2) is 53.7 Å². The number of hydrogen-bond acceptors (Lipinski definition) is 2. The van der Waals surface area contributed by atoms with E-state index >= 15 is 0 Å². The standard InChI is InChI=1S/C17H22N4.HI/c1-14-7-6-11-19-16(14)13-21-17(18-2)20-12-10-15-8-4-3-5-9-15;/h3-9,11H,10,12-13H2,1-2H3,(H2,18,20,21);1H. The number of nitrogens with zero attached hydrogens (tertiary/aromatic N) is 2. The van der Waals surface area contributed by atoms with Gasteiger partial charge in [-0.2, -0.15) is 0 Å². The van der Waals surface area contributed by atoms with E-state index in [-0.39, 0.29) is 24.0 Å². The van der Waals surface area contributed by atoms with Gasteiger partial charge in [0.15, 0.2) is 5.96 Å². The Labute approximate surface area is 149 Å². The van der Waals surface area contributed by atoms with Crippen molar-refractivity contribution in [3.8, 4) is 0 Å². The Bertz CT molecular complexity index is 584. The molecule has 0 unspecified atom stereocenters. The first-order valence-electron chi connectivity index (χ1n) is 7.18. The van der Waals surface area contributed by atoms with Crippen molar-refractivity contribution in [2.75, 3.05) is 13.6 Å². The van der Waals surface area contributed by atoms with E-state index in [1.165, 1.54) is 11.1 Å². The molecule has 0 bridgehead atoms. The van der Waals surface area contributed by atoms with Crippen LogP contribution >= 0.6 is 24.0 Å². The molecule has 4 nitrogen and oxygen atoms in total. The molecule has 1 aromatic heterocycles. The monoisotopic (exact) mass is 410 g/mol. The van der Waals surface area contributed by atoms with E-state index in [0.717, 1.165) is 24.6 Å². The van der Waals surface area contributed by atoms with E-state index in [0.29, 0.717) is 6.54 Å². The summed E-state index contributed by atoms with van der Waals surface area (Å²) in [6.07, 6.45) is 2.79. The summed E-state index contributed by atoms with van der Waals surface area (Å²) in [7, 11) is 1.78. The van der Waals surface area contributed by atoms with E-state index in [9.17, 15) is 0 Å². The highest BCUT2D eigenvalue weighted by Crippen LogP contribution is 2.02. The lowest BCUT2D eigenvalue weighted by atomic mass is 10.1. The van der Waals surface area contributed by atoms with Crippen LogP contribution in [0.25, 0.3) is 0 Å². The van der Waals surface area contributed by atoms with Gasteiger partial charge in [0.1, 0.15) is 0 Å². The minimum absolute atomic E-state index is 0. The summed E-state index contributed by atoms with van der Waals surface area (Å²) in [4.78, 5) is 8.60. The van der Waals surface area contributed by atoms with Gasteiger partial charge in [0, 0.05) is 19.8 Å². The molecule has 0 spiro atoms. The molecular formula is C17H23IN4. The molecule has 2 rings (SSSR count). The van der Waals surface area contributed by atoms with Crippen LogP contribution in [0.3, 0.4) is 0 Å². The third-order valence-electron chi connectivity index (χ3n) is 3.31. The maximum atomic E-state index is 4.37. The molecule has 0 aliphatic heterocycles. The lowest BCUT2D eigenvalue weighted by Gasteiger charge is -2.12. The van der Waals surface area contributed by atoms with Crippen molar-refractivity contribution in [1.82, 2.24) is 15.6 Å². The van der Waals surface area contributed by atoms with Crippen LogP contribution in [0.5, 0.6) is 0 Å². The zero-order valence-corrected chi connectivity index (χ0v) is 15.4. The van der Waals surface area contributed by atoms with Crippen molar-refractivity contribution >= 4 is 29.9 Å². The fourth-order valence-corrected chi connectivity index (χ4v) is 2.06. The Morgan fingerprint density at radius 3 is 2.55 bits per heavy atom. The van der Waals surface area contributed by atoms with Gasteiger partial charge in [0.25, 0.3) is 0 Å². The third kappa shape index (κ3) is 6.01. The number of benzene rings is 1. The van der Waals surface area contributed by atoms with E-state index < -0.39 is 0 Å². The van der Waals surface area contributed by atoms with E-state index in [4.69, 9.17) is 0 Å². The summed E-state index contributed by atoms with van der Waals surface area (Å²) in [6, 6.07) is 14.4. The number of pyridine rings is 1. The summed E-state index contributed by atoms with van der Waals surface area (Å²) in [5.74, 6) is 0.802. The fourth-order valence-electron chi connectivity index (χ4n) is 2.06. The molecule has 0 amide bonds. The Balaban J connectivity index is 0.00000242. The predicted octanol–water partition coefficient (Wildman–Crippen LogP) is 2.92. The van der Waals surface area contributed by atoms with Crippen LogP contribution in [0.2, 0.25) is 0 Å². The minimum Gasteiger partial charge on any atom is -0.356 e.